The number of H-pyrrole nitrogens is 1. The molecule has 0 atom stereocenters. The molecule has 0 saturated carbocycles. The van der Waals surface area contributed by atoms with Gasteiger partial charge < -0.3 is 14.5 Å². The number of hydrogen-bond acceptors (Lipinski definition) is 5. The SMILES string of the molecule is CCCn1c(=O)c2[nH]c(C=Cc3ccc4c(c3)OCO4)nc2n(CCC)c1=O. The monoisotopic (exact) mass is 382 g/mol. The molecule has 0 radical (unpaired) electrons. The number of imidazole rings is 1. The highest BCUT2D eigenvalue weighted by atomic mass is 16.7. The van der Waals surface area contributed by atoms with Crippen molar-refractivity contribution in [1.29, 1.82) is 0 Å². The second-order valence-electron chi connectivity index (χ2n) is 6.66. The zero-order chi connectivity index (χ0) is 19.7. The quantitative estimate of drug-likeness (QED) is 0.708. The van der Waals surface area contributed by atoms with E-state index >= 15 is 0 Å². The Hall–Kier alpha value is -3.29. The van der Waals surface area contributed by atoms with E-state index in [9.17, 15) is 9.59 Å². The van der Waals surface area contributed by atoms with Crippen molar-refractivity contribution in [2.45, 2.75) is 39.8 Å². The largest absolute Gasteiger partial charge is 0.454 e. The Kier molecular flexibility index (Phi) is 4.77. The van der Waals surface area contributed by atoms with Crippen molar-refractivity contribution in [1.82, 2.24) is 19.1 Å². The van der Waals surface area contributed by atoms with Crippen LogP contribution in [0.2, 0.25) is 0 Å². The van der Waals surface area contributed by atoms with Crippen LogP contribution in [0.1, 0.15) is 38.1 Å². The summed E-state index contributed by atoms with van der Waals surface area (Å²) in [7, 11) is 0. The molecule has 8 heteroatoms. The normalized spacial score (nSPS) is 13.1. The van der Waals surface area contributed by atoms with Gasteiger partial charge >= 0.3 is 5.69 Å². The minimum Gasteiger partial charge on any atom is -0.454 e. The van der Waals surface area contributed by atoms with Crippen LogP contribution in [0.25, 0.3) is 23.3 Å². The highest BCUT2D eigenvalue weighted by Crippen LogP contribution is 2.32. The van der Waals surface area contributed by atoms with E-state index in [1.54, 1.807) is 10.6 Å². The maximum absolute atomic E-state index is 12.7. The lowest BCUT2D eigenvalue weighted by Crippen LogP contribution is -2.40. The number of benzene rings is 1. The molecule has 3 heterocycles. The lowest BCUT2D eigenvalue weighted by atomic mass is 10.2. The van der Waals surface area contributed by atoms with Crippen LogP contribution in [0.4, 0.5) is 0 Å². The summed E-state index contributed by atoms with van der Waals surface area (Å²) in [4.78, 5) is 33.0. The van der Waals surface area contributed by atoms with Crippen LogP contribution in [-0.2, 0) is 13.1 Å². The van der Waals surface area contributed by atoms with Gasteiger partial charge in [-0.05, 0) is 36.6 Å². The van der Waals surface area contributed by atoms with Gasteiger partial charge in [-0.15, -0.1) is 0 Å². The number of fused-ring (bicyclic) bond motifs is 2. The first kappa shape index (κ1) is 18.1. The molecule has 0 fully saturated rings. The average molecular weight is 382 g/mol. The maximum atomic E-state index is 12.7. The number of nitrogens with zero attached hydrogens (tertiary/aromatic N) is 3. The van der Waals surface area contributed by atoms with Crippen molar-refractivity contribution in [3.63, 3.8) is 0 Å². The van der Waals surface area contributed by atoms with Crippen LogP contribution >= 0.6 is 0 Å². The molecule has 1 aliphatic rings. The van der Waals surface area contributed by atoms with Crippen LogP contribution in [0, 0.1) is 0 Å². The van der Waals surface area contributed by atoms with Crippen LogP contribution in [-0.4, -0.2) is 25.9 Å². The Morgan fingerprint density at radius 2 is 1.82 bits per heavy atom. The zero-order valence-electron chi connectivity index (χ0n) is 15.9. The molecule has 0 amide bonds. The predicted molar refractivity (Wildman–Crippen MR) is 107 cm³/mol. The lowest BCUT2D eigenvalue weighted by Gasteiger charge is -2.09. The lowest BCUT2D eigenvalue weighted by molar-refractivity contribution is 0.174. The minimum absolute atomic E-state index is 0.227. The molecule has 0 aliphatic carbocycles. The standard InChI is InChI=1S/C20H22N4O4/c1-3-9-23-18-17(19(25)24(10-4-2)20(23)26)21-16(22-18)8-6-13-5-7-14-15(11-13)28-12-27-14/h5-8,11H,3-4,9-10,12H2,1-2H3,(H,21,22). The smallest absolute Gasteiger partial charge is 0.332 e. The third kappa shape index (κ3) is 3.11. The summed E-state index contributed by atoms with van der Waals surface area (Å²) >= 11 is 0. The maximum Gasteiger partial charge on any atom is 0.332 e. The molecule has 2 aromatic heterocycles. The van der Waals surface area contributed by atoms with Crippen molar-refractivity contribution in [2.24, 2.45) is 0 Å². The molecule has 0 spiro atoms. The van der Waals surface area contributed by atoms with E-state index in [-0.39, 0.29) is 18.0 Å². The van der Waals surface area contributed by atoms with E-state index in [4.69, 9.17) is 9.47 Å². The molecule has 4 rings (SSSR count). The Bertz CT molecular complexity index is 1170. The van der Waals surface area contributed by atoms with E-state index in [0.717, 1.165) is 17.7 Å². The average Bonchev–Trinajstić information content (AvgIpc) is 3.33. The third-order valence-corrected chi connectivity index (χ3v) is 4.60. The first-order valence-electron chi connectivity index (χ1n) is 9.43. The topological polar surface area (TPSA) is 91.1 Å². The van der Waals surface area contributed by atoms with E-state index in [1.807, 2.05) is 38.1 Å². The third-order valence-electron chi connectivity index (χ3n) is 4.60. The number of nitrogens with one attached hydrogen (secondary N) is 1. The van der Waals surface area contributed by atoms with Gasteiger partial charge in [0.05, 0.1) is 0 Å². The summed E-state index contributed by atoms with van der Waals surface area (Å²) < 4.78 is 13.5. The van der Waals surface area contributed by atoms with Crippen molar-refractivity contribution >= 4 is 23.3 Å². The summed E-state index contributed by atoms with van der Waals surface area (Å²) in [6.07, 6.45) is 5.13. The van der Waals surface area contributed by atoms with E-state index in [1.165, 1.54) is 4.57 Å². The van der Waals surface area contributed by atoms with Gasteiger partial charge in [0.1, 0.15) is 11.3 Å². The first-order chi connectivity index (χ1) is 13.6. The Balaban J connectivity index is 1.76. The Morgan fingerprint density at radius 3 is 2.61 bits per heavy atom. The van der Waals surface area contributed by atoms with Crippen molar-refractivity contribution in [3.05, 3.63) is 50.4 Å². The number of hydrogen-bond donors (Lipinski definition) is 1. The second-order valence-corrected chi connectivity index (χ2v) is 6.66. The highest BCUT2D eigenvalue weighted by molar-refractivity contribution is 5.76. The van der Waals surface area contributed by atoms with Crippen molar-refractivity contribution in [3.8, 4) is 11.5 Å². The van der Waals surface area contributed by atoms with Gasteiger partial charge in [-0.1, -0.05) is 26.0 Å². The molecule has 1 N–H and O–H groups in total. The Labute approximate surface area is 161 Å². The van der Waals surface area contributed by atoms with Crippen molar-refractivity contribution in [2.75, 3.05) is 6.79 Å². The van der Waals surface area contributed by atoms with Crippen LogP contribution in [0.3, 0.4) is 0 Å². The molecule has 3 aromatic rings. The van der Waals surface area contributed by atoms with Gasteiger partial charge in [0.2, 0.25) is 6.79 Å². The van der Waals surface area contributed by atoms with Crippen molar-refractivity contribution < 1.29 is 9.47 Å². The summed E-state index contributed by atoms with van der Waals surface area (Å²) in [6.45, 7) is 5.05. The zero-order valence-corrected chi connectivity index (χ0v) is 15.9. The minimum atomic E-state index is -0.329. The molecule has 146 valence electrons. The summed E-state index contributed by atoms with van der Waals surface area (Å²) in [6, 6.07) is 5.64. The summed E-state index contributed by atoms with van der Waals surface area (Å²) in [5, 5.41) is 0. The van der Waals surface area contributed by atoms with Gasteiger partial charge in [0, 0.05) is 13.1 Å². The molecule has 1 aliphatic heterocycles. The fourth-order valence-corrected chi connectivity index (χ4v) is 3.30. The molecule has 0 bridgehead atoms. The highest BCUT2D eigenvalue weighted by Gasteiger charge is 2.16. The molecule has 0 saturated heterocycles. The van der Waals surface area contributed by atoms with E-state index in [2.05, 4.69) is 9.97 Å². The number of ether oxygens (including phenoxy) is 2. The van der Waals surface area contributed by atoms with Gasteiger partial charge in [-0.3, -0.25) is 13.9 Å². The molecule has 0 unspecified atom stereocenters. The molecule has 8 nitrogen and oxygen atoms in total. The second kappa shape index (κ2) is 7.38. The van der Waals surface area contributed by atoms with Gasteiger partial charge in [-0.2, -0.15) is 0 Å². The first-order valence-corrected chi connectivity index (χ1v) is 9.43. The van der Waals surface area contributed by atoms with E-state index in [0.29, 0.717) is 42.2 Å². The van der Waals surface area contributed by atoms with Crippen LogP contribution in [0.15, 0.2) is 27.8 Å². The van der Waals surface area contributed by atoms with Crippen LogP contribution < -0.4 is 20.7 Å². The summed E-state index contributed by atoms with van der Waals surface area (Å²) in [5.41, 5.74) is 1.03. The number of aromatic amines is 1. The number of rotatable bonds is 6. The van der Waals surface area contributed by atoms with E-state index < -0.39 is 0 Å². The fourth-order valence-electron chi connectivity index (χ4n) is 3.30. The molecule has 1 aromatic carbocycles. The number of aromatic nitrogens is 4. The van der Waals surface area contributed by atoms with Crippen LogP contribution in [0.5, 0.6) is 11.5 Å². The molecular formula is C20H22N4O4. The summed E-state index contributed by atoms with van der Waals surface area (Å²) in [5.74, 6) is 1.94. The molecular weight excluding hydrogens is 360 g/mol. The number of aryl methyl sites for hydroxylation is 1. The van der Waals surface area contributed by atoms with Gasteiger partial charge in [-0.25, -0.2) is 9.78 Å². The predicted octanol–water partition coefficient (Wildman–Crippen LogP) is 2.61. The van der Waals surface area contributed by atoms with Gasteiger partial charge in [0.15, 0.2) is 17.1 Å². The fraction of sp³-hybridized carbons (Fsp3) is 0.350. The Morgan fingerprint density at radius 1 is 1.07 bits per heavy atom. The van der Waals surface area contributed by atoms with Gasteiger partial charge in [0.25, 0.3) is 5.56 Å². The molecule has 28 heavy (non-hydrogen) atoms.